The van der Waals surface area contributed by atoms with Crippen molar-refractivity contribution >= 4 is 11.6 Å². The number of benzene rings is 1. The largest absolute Gasteiger partial charge is 0.495 e. The zero-order valence-corrected chi connectivity index (χ0v) is 10.0. The molecule has 4 nitrogen and oxygen atoms in total. The Labute approximate surface area is 101 Å². The second-order valence-electron chi connectivity index (χ2n) is 3.35. The van der Waals surface area contributed by atoms with Crippen molar-refractivity contribution in [3.8, 4) is 17.6 Å². The third-order valence-electron chi connectivity index (χ3n) is 2.24. The molecular formula is C13H16N2O2. The fourth-order valence-corrected chi connectivity index (χ4v) is 1.38. The van der Waals surface area contributed by atoms with Gasteiger partial charge in [-0.25, -0.2) is 0 Å². The first-order chi connectivity index (χ1) is 8.20. The van der Waals surface area contributed by atoms with Crippen LogP contribution in [0.25, 0.3) is 0 Å². The summed E-state index contributed by atoms with van der Waals surface area (Å²) in [6.45, 7) is 2.28. The van der Waals surface area contributed by atoms with E-state index in [1.807, 2.05) is 0 Å². The molecule has 0 radical (unpaired) electrons. The number of nitrogens with one attached hydrogen (secondary N) is 1. The van der Waals surface area contributed by atoms with Crippen LogP contribution < -0.4 is 15.8 Å². The van der Waals surface area contributed by atoms with Crippen LogP contribution in [-0.2, 0) is 0 Å². The Balaban J connectivity index is 2.71. The molecule has 0 unspecified atom stereocenters. The molecule has 0 saturated heterocycles. The van der Waals surface area contributed by atoms with Crippen LogP contribution in [-0.4, -0.2) is 19.6 Å². The van der Waals surface area contributed by atoms with Crippen molar-refractivity contribution in [3.63, 3.8) is 0 Å². The quantitative estimate of drug-likeness (QED) is 0.469. The number of hydrogen-bond donors (Lipinski definition) is 2. The first kappa shape index (κ1) is 12.9. The maximum Gasteiger partial charge on any atom is 0.253 e. The Morgan fingerprint density at radius 3 is 2.94 bits per heavy atom. The predicted octanol–water partition coefficient (Wildman–Crippen LogP) is 1.42. The molecule has 0 heterocycles. The van der Waals surface area contributed by atoms with Gasteiger partial charge in [-0.1, -0.05) is 6.07 Å². The number of para-hydroxylation sites is 1. The summed E-state index contributed by atoms with van der Waals surface area (Å²) in [7, 11) is 1.52. The van der Waals surface area contributed by atoms with Gasteiger partial charge in [0, 0.05) is 13.0 Å². The van der Waals surface area contributed by atoms with Gasteiger partial charge >= 0.3 is 0 Å². The van der Waals surface area contributed by atoms with Gasteiger partial charge in [0.1, 0.15) is 5.75 Å². The van der Waals surface area contributed by atoms with Gasteiger partial charge in [-0.15, -0.1) is 11.8 Å². The van der Waals surface area contributed by atoms with Crippen LogP contribution in [0.15, 0.2) is 18.2 Å². The lowest BCUT2D eigenvalue weighted by Crippen LogP contribution is -2.25. The molecule has 0 atom stereocenters. The molecule has 17 heavy (non-hydrogen) atoms. The summed E-state index contributed by atoms with van der Waals surface area (Å²) in [5.74, 6) is 5.93. The summed E-state index contributed by atoms with van der Waals surface area (Å²) in [6.07, 6.45) is 0.631. The van der Waals surface area contributed by atoms with Gasteiger partial charge in [0.25, 0.3) is 5.91 Å². The van der Waals surface area contributed by atoms with E-state index < -0.39 is 0 Å². The van der Waals surface area contributed by atoms with Crippen LogP contribution in [0.1, 0.15) is 23.7 Å². The molecule has 0 bridgehead atoms. The number of carbonyl (C=O) groups excluding carboxylic acids is 1. The van der Waals surface area contributed by atoms with Gasteiger partial charge in [0.05, 0.1) is 18.4 Å². The molecule has 1 aromatic carbocycles. The number of hydrogen-bond acceptors (Lipinski definition) is 3. The van der Waals surface area contributed by atoms with Crippen LogP contribution in [0.5, 0.6) is 5.75 Å². The lowest BCUT2D eigenvalue weighted by molar-refractivity contribution is 0.0955. The Bertz CT molecular complexity index is 458. The molecule has 3 N–H and O–H groups in total. The third kappa shape index (κ3) is 3.42. The van der Waals surface area contributed by atoms with Crippen molar-refractivity contribution in [1.29, 1.82) is 0 Å². The number of nitrogens with two attached hydrogens (primary N) is 1. The molecule has 1 amide bonds. The van der Waals surface area contributed by atoms with Crippen molar-refractivity contribution < 1.29 is 9.53 Å². The van der Waals surface area contributed by atoms with Crippen LogP contribution in [0.4, 0.5) is 5.69 Å². The summed E-state index contributed by atoms with van der Waals surface area (Å²) in [5.41, 5.74) is 6.59. The molecule has 1 aromatic rings. The average Bonchev–Trinajstić information content (AvgIpc) is 2.34. The van der Waals surface area contributed by atoms with E-state index >= 15 is 0 Å². The molecule has 4 heteroatoms. The highest BCUT2D eigenvalue weighted by molar-refractivity contribution is 6.00. The first-order valence-electron chi connectivity index (χ1n) is 5.31. The van der Waals surface area contributed by atoms with Crippen LogP contribution in [0.2, 0.25) is 0 Å². The molecule has 0 fully saturated rings. The molecule has 1 rings (SSSR count). The Hall–Kier alpha value is -2.15. The molecule has 90 valence electrons. The van der Waals surface area contributed by atoms with Crippen LogP contribution >= 0.6 is 0 Å². The smallest absolute Gasteiger partial charge is 0.253 e. The highest BCUT2D eigenvalue weighted by Gasteiger charge is 2.11. The fourth-order valence-electron chi connectivity index (χ4n) is 1.38. The number of methoxy groups -OCH3 is 1. The minimum Gasteiger partial charge on any atom is -0.495 e. The van der Waals surface area contributed by atoms with E-state index in [-0.39, 0.29) is 5.91 Å². The van der Waals surface area contributed by atoms with E-state index in [9.17, 15) is 4.79 Å². The average molecular weight is 232 g/mol. The molecule has 0 spiro atoms. The highest BCUT2D eigenvalue weighted by Crippen LogP contribution is 2.24. The van der Waals surface area contributed by atoms with Crippen molar-refractivity contribution in [1.82, 2.24) is 5.32 Å². The molecular weight excluding hydrogens is 216 g/mol. The fraction of sp³-hybridized carbons (Fsp3) is 0.308. The summed E-state index contributed by atoms with van der Waals surface area (Å²) >= 11 is 0. The van der Waals surface area contributed by atoms with E-state index in [1.54, 1.807) is 25.1 Å². The van der Waals surface area contributed by atoms with Gasteiger partial charge in [-0.2, -0.15) is 0 Å². The maximum absolute atomic E-state index is 11.8. The van der Waals surface area contributed by atoms with E-state index in [2.05, 4.69) is 17.2 Å². The molecule has 0 aliphatic rings. The number of rotatable bonds is 4. The van der Waals surface area contributed by atoms with E-state index in [0.29, 0.717) is 30.0 Å². The Morgan fingerprint density at radius 2 is 2.29 bits per heavy atom. The van der Waals surface area contributed by atoms with Crippen molar-refractivity contribution in [2.45, 2.75) is 13.3 Å². The monoisotopic (exact) mass is 232 g/mol. The molecule has 0 saturated carbocycles. The second-order valence-corrected chi connectivity index (χ2v) is 3.35. The first-order valence-corrected chi connectivity index (χ1v) is 5.31. The topological polar surface area (TPSA) is 64.3 Å². The highest BCUT2D eigenvalue weighted by atomic mass is 16.5. The van der Waals surface area contributed by atoms with Crippen molar-refractivity contribution in [2.75, 3.05) is 19.4 Å². The van der Waals surface area contributed by atoms with Crippen LogP contribution in [0.3, 0.4) is 0 Å². The Kier molecular flexibility index (Phi) is 4.89. The van der Waals surface area contributed by atoms with Gasteiger partial charge in [-0.05, 0) is 19.1 Å². The standard InChI is InChI=1S/C13H16N2O2/c1-3-4-5-9-15-13(16)10-7-6-8-11(17-2)12(10)14/h6-8H,5,9,14H2,1-2H3,(H,15,16). The van der Waals surface area contributed by atoms with Gasteiger partial charge in [0.15, 0.2) is 0 Å². The molecule has 0 aromatic heterocycles. The zero-order valence-electron chi connectivity index (χ0n) is 10.0. The number of nitrogen functional groups attached to an aromatic ring is 1. The normalized spacial score (nSPS) is 9.06. The second kappa shape index (κ2) is 6.44. The lowest BCUT2D eigenvalue weighted by Gasteiger charge is -2.09. The minimum absolute atomic E-state index is 0.209. The minimum atomic E-state index is -0.209. The molecule has 0 aliphatic carbocycles. The predicted molar refractivity (Wildman–Crippen MR) is 67.8 cm³/mol. The summed E-state index contributed by atoms with van der Waals surface area (Å²) in [4.78, 5) is 11.8. The zero-order chi connectivity index (χ0) is 12.7. The number of anilines is 1. The lowest BCUT2D eigenvalue weighted by atomic mass is 10.1. The van der Waals surface area contributed by atoms with E-state index in [4.69, 9.17) is 10.5 Å². The maximum atomic E-state index is 11.8. The Morgan fingerprint density at radius 1 is 1.53 bits per heavy atom. The van der Waals surface area contributed by atoms with Crippen molar-refractivity contribution in [2.24, 2.45) is 0 Å². The van der Waals surface area contributed by atoms with Crippen molar-refractivity contribution in [3.05, 3.63) is 23.8 Å². The number of ether oxygens (including phenoxy) is 1. The summed E-state index contributed by atoms with van der Waals surface area (Å²) in [6, 6.07) is 5.11. The van der Waals surface area contributed by atoms with Gasteiger partial charge in [0.2, 0.25) is 0 Å². The van der Waals surface area contributed by atoms with Gasteiger partial charge in [-0.3, -0.25) is 4.79 Å². The number of carbonyl (C=O) groups is 1. The third-order valence-corrected chi connectivity index (χ3v) is 2.24. The summed E-state index contributed by atoms with van der Waals surface area (Å²) < 4.78 is 5.05. The van der Waals surface area contributed by atoms with Crippen LogP contribution in [0, 0.1) is 11.8 Å². The van der Waals surface area contributed by atoms with E-state index in [0.717, 1.165) is 0 Å². The van der Waals surface area contributed by atoms with Gasteiger partial charge < -0.3 is 15.8 Å². The summed E-state index contributed by atoms with van der Waals surface area (Å²) in [5, 5.41) is 2.75. The molecule has 0 aliphatic heterocycles. The van der Waals surface area contributed by atoms with E-state index in [1.165, 1.54) is 7.11 Å². The number of amides is 1. The SMILES string of the molecule is CC#CCCNC(=O)c1cccc(OC)c1N.